The van der Waals surface area contributed by atoms with E-state index in [1.54, 1.807) is 0 Å². The first-order chi connectivity index (χ1) is 4.63. The van der Waals surface area contributed by atoms with Crippen molar-refractivity contribution in [2.24, 2.45) is 11.8 Å². The average molecular weight is 144 g/mol. The number of aliphatic hydroxyl groups excluding tert-OH is 1. The monoisotopic (exact) mass is 144 g/mol. The molecule has 58 valence electrons. The highest BCUT2D eigenvalue weighted by atomic mass is 16.4. The molecule has 0 aromatic rings. The smallest absolute Gasteiger partial charge is 0.309 e. The summed E-state index contributed by atoms with van der Waals surface area (Å²) in [4.78, 5) is 10.5. The van der Waals surface area contributed by atoms with Crippen molar-refractivity contribution < 1.29 is 15.0 Å². The highest BCUT2D eigenvalue weighted by Crippen LogP contribution is 2.31. The molecule has 2 N–H and O–H groups in total. The zero-order valence-electron chi connectivity index (χ0n) is 5.95. The van der Waals surface area contributed by atoms with Crippen LogP contribution >= 0.6 is 0 Å². The fourth-order valence-corrected chi connectivity index (χ4v) is 1.58. The van der Waals surface area contributed by atoms with Crippen molar-refractivity contribution in [2.45, 2.75) is 25.9 Å². The van der Waals surface area contributed by atoms with E-state index in [9.17, 15) is 4.79 Å². The molecule has 0 heterocycles. The fourth-order valence-electron chi connectivity index (χ4n) is 1.58. The molecule has 0 aromatic heterocycles. The van der Waals surface area contributed by atoms with Crippen LogP contribution in [0.3, 0.4) is 0 Å². The minimum atomic E-state index is -0.863. The second kappa shape index (κ2) is 2.58. The van der Waals surface area contributed by atoms with Crippen LogP contribution in [-0.4, -0.2) is 22.3 Å². The van der Waals surface area contributed by atoms with Crippen LogP contribution < -0.4 is 0 Å². The maximum atomic E-state index is 10.5. The average Bonchev–Trinajstić information content (AvgIpc) is 2.11. The lowest BCUT2D eigenvalue weighted by atomic mass is 9.97. The van der Waals surface area contributed by atoms with Crippen LogP contribution in [0.25, 0.3) is 0 Å². The summed E-state index contributed by atoms with van der Waals surface area (Å²) in [6.07, 6.45) is 0.850. The molecule has 1 saturated carbocycles. The number of aliphatic hydroxyl groups is 1. The maximum absolute atomic E-state index is 10.5. The van der Waals surface area contributed by atoms with E-state index in [4.69, 9.17) is 10.2 Å². The quantitative estimate of drug-likeness (QED) is 0.562. The predicted octanol–water partition coefficient (Wildman–Crippen LogP) is 0.478. The lowest BCUT2D eigenvalue weighted by Crippen LogP contribution is -2.26. The maximum Gasteiger partial charge on any atom is 0.309 e. The standard InChI is InChI=1S/C7H12O3/c1-4-2-3-5(8)6(4)7(9)10/h4-6,8H,2-3H2,1H3,(H,9,10)/t4-,5+,6+/m0/s1. The molecular weight excluding hydrogens is 132 g/mol. The Morgan fingerprint density at radius 3 is 2.30 bits per heavy atom. The molecule has 10 heavy (non-hydrogen) atoms. The molecular formula is C7H12O3. The largest absolute Gasteiger partial charge is 0.481 e. The van der Waals surface area contributed by atoms with Crippen molar-refractivity contribution in [3.8, 4) is 0 Å². The zero-order valence-corrected chi connectivity index (χ0v) is 5.95. The van der Waals surface area contributed by atoms with Crippen LogP contribution in [0.2, 0.25) is 0 Å². The van der Waals surface area contributed by atoms with Gasteiger partial charge in [-0.2, -0.15) is 0 Å². The zero-order chi connectivity index (χ0) is 7.72. The summed E-state index contributed by atoms with van der Waals surface area (Å²) in [6.45, 7) is 1.87. The van der Waals surface area contributed by atoms with Gasteiger partial charge in [0, 0.05) is 0 Å². The summed E-state index contributed by atoms with van der Waals surface area (Å²) in [5.74, 6) is -1.26. The molecule has 0 unspecified atom stereocenters. The number of carbonyl (C=O) groups is 1. The molecule has 1 aliphatic rings. The highest BCUT2D eigenvalue weighted by molar-refractivity contribution is 5.71. The molecule has 3 atom stereocenters. The van der Waals surface area contributed by atoms with E-state index in [1.807, 2.05) is 6.92 Å². The van der Waals surface area contributed by atoms with E-state index >= 15 is 0 Å². The van der Waals surface area contributed by atoms with E-state index in [2.05, 4.69) is 0 Å². The first-order valence-corrected chi connectivity index (χ1v) is 3.54. The summed E-state index contributed by atoms with van der Waals surface area (Å²) in [6, 6.07) is 0. The van der Waals surface area contributed by atoms with Gasteiger partial charge in [-0.25, -0.2) is 0 Å². The number of rotatable bonds is 1. The van der Waals surface area contributed by atoms with Gasteiger partial charge in [0.2, 0.25) is 0 Å². The van der Waals surface area contributed by atoms with Gasteiger partial charge in [0.25, 0.3) is 0 Å². The summed E-state index contributed by atoms with van der Waals surface area (Å²) in [5, 5.41) is 17.7. The van der Waals surface area contributed by atoms with Crippen molar-refractivity contribution in [3.63, 3.8) is 0 Å². The lowest BCUT2D eigenvalue weighted by Gasteiger charge is -2.12. The first-order valence-electron chi connectivity index (χ1n) is 3.54. The SMILES string of the molecule is C[C@H]1CC[C@@H](O)[C@@H]1C(=O)O. The Balaban J connectivity index is 2.63. The summed E-state index contributed by atoms with van der Waals surface area (Å²) >= 11 is 0. The van der Waals surface area contributed by atoms with Crippen molar-refractivity contribution in [1.82, 2.24) is 0 Å². The number of hydrogen-bond acceptors (Lipinski definition) is 2. The van der Waals surface area contributed by atoms with E-state index in [0.717, 1.165) is 6.42 Å². The fraction of sp³-hybridized carbons (Fsp3) is 0.857. The van der Waals surface area contributed by atoms with Crippen LogP contribution in [0.5, 0.6) is 0 Å². The van der Waals surface area contributed by atoms with E-state index in [1.165, 1.54) is 0 Å². The van der Waals surface area contributed by atoms with Gasteiger partial charge in [0.05, 0.1) is 12.0 Å². The molecule has 0 spiro atoms. The van der Waals surface area contributed by atoms with Gasteiger partial charge in [-0.05, 0) is 18.8 Å². The summed E-state index contributed by atoms with van der Waals surface area (Å²) in [5.41, 5.74) is 0. The van der Waals surface area contributed by atoms with Crippen LogP contribution in [-0.2, 0) is 4.79 Å². The second-order valence-corrected chi connectivity index (χ2v) is 2.99. The molecule has 1 aliphatic carbocycles. The topological polar surface area (TPSA) is 57.5 Å². The minimum Gasteiger partial charge on any atom is -0.481 e. The van der Waals surface area contributed by atoms with Gasteiger partial charge >= 0.3 is 5.97 Å². The van der Waals surface area contributed by atoms with Gasteiger partial charge in [-0.3, -0.25) is 4.79 Å². The van der Waals surface area contributed by atoms with Crippen LogP contribution in [0.15, 0.2) is 0 Å². The summed E-state index contributed by atoms with van der Waals surface area (Å²) in [7, 11) is 0. The highest BCUT2D eigenvalue weighted by Gasteiger charge is 2.37. The molecule has 1 rings (SSSR count). The number of carboxylic acids is 1. The van der Waals surface area contributed by atoms with Gasteiger partial charge in [0.1, 0.15) is 0 Å². The van der Waals surface area contributed by atoms with Crippen LogP contribution in [0.4, 0.5) is 0 Å². The first kappa shape index (κ1) is 7.54. The normalized spacial score (nSPS) is 40.0. The Hall–Kier alpha value is -0.570. The third-order valence-electron chi connectivity index (χ3n) is 2.23. The number of carboxylic acid groups (broad SMARTS) is 1. The molecule has 0 aromatic carbocycles. The Bertz CT molecular complexity index is 134. The third kappa shape index (κ3) is 1.14. The van der Waals surface area contributed by atoms with Crippen molar-refractivity contribution in [2.75, 3.05) is 0 Å². The van der Waals surface area contributed by atoms with Crippen LogP contribution in [0.1, 0.15) is 19.8 Å². The van der Waals surface area contributed by atoms with Gasteiger partial charge < -0.3 is 10.2 Å². The van der Waals surface area contributed by atoms with Gasteiger partial charge in [-0.15, -0.1) is 0 Å². The molecule has 0 saturated heterocycles. The Labute approximate surface area is 59.7 Å². The second-order valence-electron chi connectivity index (χ2n) is 2.99. The lowest BCUT2D eigenvalue weighted by molar-refractivity contribution is -0.146. The molecule has 1 fully saturated rings. The van der Waals surface area contributed by atoms with E-state index in [-0.39, 0.29) is 5.92 Å². The van der Waals surface area contributed by atoms with Gasteiger partial charge in [0.15, 0.2) is 0 Å². The van der Waals surface area contributed by atoms with Crippen LogP contribution in [0, 0.1) is 11.8 Å². The molecule has 0 aliphatic heterocycles. The molecule has 0 radical (unpaired) electrons. The Morgan fingerprint density at radius 1 is 1.50 bits per heavy atom. The molecule has 3 heteroatoms. The molecule has 0 bridgehead atoms. The van der Waals surface area contributed by atoms with E-state index in [0.29, 0.717) is 6.42 Å². The Morgan fingerprint density at radius 2 is 2.10 bits per heavy atom. The van der Waals surface area contributed by atoms with Crippen molar-refractivity contribution >= 4 is 5.97 Å². The van der Waals surface area contributed by atoms with E-state index < -0.39 is 18.0 Å². The van der Waals surface area contributed by atoms with Crippen molar-refractivity contribution in [3.05, 3.63) is 0 Å². The minimum absolute atomic E-state index is 0.132. The van der Waals surface area contributed by atoms with Crippen molar-refractivity contribution in [1.29, 1.82) is 0 Å². The van der Waals surface area contributed by atoms with Gasteiger partial charge in [-0.1, -0.05) is 6.92 Å². The number of aliphatic carboxylic acids is 1. The number of hydrogen-bond donors (Lipinski definition) is 2. The summed E-state index contributed by atoms with van der Waals surface area (Å²) < 4.78 is 0. The molecule has 0 amide bonds. The third-order valence-corrected chi connectivity index (χ3v) is 2.23. The Kier molecular flexibility index (Phi) is 1.94. The molecule has 3 nitrogen and oxygen atoms in total. The predicted molar refractivity (Wildman–Crippen MR) is 35.5 cm³/mol.